The zero-order valence-electron chi connectivity index (χ0n) is 78.8. The molecule has 14 heterocycles. The number of phenols is 1. The van der Waals surface area contributed by atoms with Crippen molar-refractivity contribution in [3.05, 3.63) is 402 Å². The first-order chi connectivity index (χ1) is 73.1. The number of hydrogen-bond acceptors (Lipinski definition) is 33. The molecule has 0 atom stereocenters. The van der Waals surface area contributed by atoms with Gasteiger partial charge in [0.1, 0.15) is 77.0 Å². The molecule has 21 aromatic rings. The smallest absolute Gasteiger partial charge is 0.275 e. The summed E-state index contributed by atoms with van der Waals surface area (Å²) in [7, 11) is 0. The standard InChI is InChI=1S/C17H12N4O2.C16H13FN4O2.C16H14N4O2.C15H11BrN4O.C15H12N4O2.C14H9BrN4O.C14H10N4O2/c1-2-8-23-13-9-12-4-3-5-20-16(12)14(10-13)21-17(22)15-11-18-6-7-19-15;17-3-7-23-12-8-11-2-1-4-20-15(11)13(9-12)21-16(22)14-10-18-5-6-19-14;1-10-7-19-14(8-18-10)16(22)20-13-6-11(9-21)5-12-3-2-4-17-15(12)13;1-9-7-19-13(8-18-9)15(21)20-12-5-4-11(16)10-3-2-6-17-14(10)12;20-9-10-6-11-2-1-3-18-14(11)12(7-10)19-15(21)13-8-16-4-5-17-13;15-10-3-4-11(13-9(10)2-1-5-18-13)19-14(20)12-8-16-6-7-17-12;19-10-6-9-2-1-3-17-13(9)11(7-10)18-14(20)12-8-15-4-5-16-12/h1,3-7,9-11H,8H2,(H,21,22);1-2,4-6,8-10H,3,7H2,(H,21,22);2-8,21H,9H2,1H3,(H,20,22);2-8H,1H3,(H,20,21);1-8,20H,9H2,(H,19,21);1-8H,(H,19,20);1-8,19H,(H,18,20). The molecule has 7 aromatic carbocycles. The van der Waals surface area contributed by atoms with Crippen molar-refractivity contribution in [1.82, 2.24) is 105 Å². The van der Waals surface area contributed by atoms with Crippen LogP contribution in [0, 0.1) is 26.2 Å². The SMILES string of the molecule is C#CCOc1cc(NC(=O)c2cnccn2)c2ncccc2c1.Cc1cnc(C(=O)Nc2cc(CO)cc3cccnc23)cn1.Cc1cnc(C(=O)Nc2ccc(Br)c3cccnc23)cn1.O=C(Nc1cc(CO)cc2cccnc12)c1cnccn1.O=C(Nc1cc(O)cc2cccnc12)c1cnccn1.O=C(Nc1cc(OCCF)cc2cccnc12)c1cnccn1.O=C(Nc1ccc(Br)c2cccnc12)c1cnccn1. The van der Waals surface area contributed by atoms with Crippen LogP contribution < -0.4 is 46.7 Å². The summed E-state index contributed by atoms with van der Waals surface area (Å²) in [4.78, 5) is 171. The average molecular weight is 2130 g/mol. The summed E-state index contributed by atoms with van der Waals surface area (Å²) in [5.41, 5.74) is 12.9. The van der Waals surface area contributed by atoms with Crippen LogP contribution >= 0.6 is 31.9 Å². The molecule has 0 fully saturated rings. The predicted molar refractivity (Wildman–Crippen MR) is 566 cm³/mol. The Labute approximate surface area is 867 Å². The van der Waals surface area contributed by atoms with Gasteiger partial charge in [0.05, 0.1) is 146 Å². The van der Waals surface area contributed by atoms with Gasteiger partial charge in [-0.2, -0.15) is 0 Å². The molecule has 0 saturated carbocycles. The molecular formula is C107H81Br2FN28O12. The summed E-state index contributed by atoms with van der Waals surface area (Å²) in [6.45, 7) is 2.90. The number of fused-ring (bicyclic) bond motifs is 7. The van der Waals surface area contributed by atoms with Gasteiger partial charge in [0, 0.05) is 183 Å². The quantitative estimate of drug-likeness (QED) is 0.0299. The van der Waals surface area contributed by atoms with Crippen LogP contribution in [0.1, 0.15) is 95.9 Å². The second kappa shape index (κ2) is 51.8. The maximum atomic E-state index is 12.3. The number of aliphatic hydroxyl groups excluding tert-OH is 2. The molecule has 0 aliphatic rings. The monoisotopic (exact) mass is 2130 g/mol. The maximum Gasteiger partial charge on any atom is 0.275 e. The largest absolute Gasteiger partial charge is 0.508 e. The number of phenolic OH excluding ortho intramolecular Hbond substituents is 1. The van der Waals surface area contributed by atoms with Gasteiger partial charge in [-0.15, -0.1) is 6.42 Å². The first kappa shape index (κ1) is 104. The number of hydrogen-bond donors (Lipinski definition) is 10. The van der Waals surface area contributed by atoms with E-state index in [2.05, 4.69) is 180 Å². The zero-order chi connectivity index (χ0) is 105. The van der Waals surface area contributed by atoms with Gasteiger partial charge in [0.15, 0.2) is 0 Å². The summed E-state index contributed by atoms with van der Waals surface area (Å²) in [6, 6.07) is 50.1. The van der Waals surface area contributed by atoms with E-state index in [0.717, 1.165) is 69.1 Å². The lowest BCUT2D eigenvalue weighted by atomic mass is 10.1. The van der Waals surface area contributed by atoms with Gasteiger partial charge in [-0.25, -0.2) is 39.3 Å². The van der Waals surface area contributed by atoms with Crippen molar-refractivity contribution in [3.63, 3.8) is 0 Å². The van der Waals surface area contributed by atoms with Gasteiger partial charge in [0.25, 0.3) is 41.4 Å². The molecule has 43 heteroatoms. The van der Waals surface area contributed by atoms with Crippen LogP contribution in [0.5, 0.6) is 17.2 Å². The lowest BCUT2D eigenvalue weighted by Gasteiger charge is -2.11. The minimum absolute atomic E-state index is 0.0523. The van der Waals surface area contributed by atoms with Crippen LogP contribution in [0.15, 0.2) is 340 Å². The molecule has 7 amide bonds. The summed E-state index contributed by atoms with van der Waals surface area (Å²) < 4.78 is 24.9. The van der Waals surface area contributed by atoms with Gasteiger partial charge in [-0.3, -0.25) is 103 Å². The van der Waals surface area contributed by atoms with Gasteiger partial charge in [-0.05, 0) is 134 Å². The van der Waals surface area contributed by atoms with E-state index >= 15 is 0 Å². The fraction of sp³-hybridized carbons (Fsp3) is 0.0654. The van der Waals surface area contributed by atoms with E-state index in [0.29, 0.717) is 90.0 Å². The van der Waals surface area contributed by atoms with Crippen molar-refractivity contribution in [2.45, 2.75) is 27.1 Å². The van der Waals surface area contributed by atoms with Crippen molar-refractivity contribution >= 4 is 189 Å². The minimum atomic E-state index is -0.591. The van der Waals surface area contributed by atoms with E-state index in [-0.39, 0.29) is 102 Å². The lowest BCUT2D eigenvalue weighted by Crippen LogP contribution is -2.15. The molecule has 0 aliphatic carbocycles. The molecule has 0 unspecified atom stereocenters. The topological polar surface area (TPSA) is 554 Å². The second-order valence-electron chi connectivity index (χ2n) is 31.2. The number of aliphatic hydroxyl groups is 2. The molecule has 0 radical (unpaired) electrons. The van der Waals surface area contributed by atoms with Gasteiger partial charge >= 0.3 is 0 Å². The van der Waals surface area contributed by atoms with Crippen LogP contribution in [0.25, 0.3) is 76.3 Å². The van der Waals surface area contributed by atoms with Crippen molar-refractivity contribution in [2.75, 3.05) is 57.1 Å². The summed E-state index contributed by atoms with van der Waals surface area (Å²) in [5.74, 6) is 0.922. The molecular weight excluding hydrogens is 2050 g/mol. The molecule has 40 nitrogen and oxygen atoms in total. The third kappa shape index (κ3) is 28.1. The lowest BCUT2D eigenvalue weighted by molar-refractivity contribution is 0.101. The minimum Gasteiger partial charge on any atom is -0.508 e. The number of pyridine rings is 7. The third-order valence-electron chi connectivity index (χ3n) is 20.8. The average Bonchev–Trinajstić information content (AvgIpc) is 0.791. The highest BCUT2D eigenvalue weighted by Gasteiger charge is 2.21. The van der Waals surface area contributed by atoms with E-state index in [1.165, 1.54) is 118 Å². The number of terminal acetylenes is 1. The maximum absolute atomic E-state index is 12.3. The molecule has 21 rings (SSSR count). The second-order valence-corrected chi connectivity index (χ2v) is 32.9. The van der Waals surface area contributed by atoms with Crippen LogP contribution in [0.4, 0.5) is 44.2 Å². The van der Waals surface area contributed by atoms with Crippen LogP contribution in [0.2, 0.25) is 0 Å². The van der Waals surface area contributed by atoms with Crippen LogP contribution in [0.3, 0.4) is 0 Å². The van der Waals surface area contributed by atoms with Gasteiger partial charge in [0.2, 0.25) is 0 Å². The van der Waals surface area contributed by atoms with E-state index in [1.54, 1.807) is 135 Å². The first-order valence-electron chi connectivity index (χ1n) is 44.9. The van der Waals surface area contributed by atoms with Crippen molar-refractivity contribution < 1.29 is 62.7 Å². The van der Waals surface area contributed by atoms with Crippen molar-refractivity contribution in [2.24, 2.45) is 0 Å². The predicted octanol–water partition coefficient (Wildman–Crippen LogP) is 17.1. The Morgan fingerprint density at radius 1 is 0.307 bits per heavy atom. The molecule has 0 spiro atoms. The Kier molecular flexibility index (Phi) is 36.1. The van der Waals surface area contributed by atoms with Crippen LogP contribution in [-0.4, -0.2) is 181 Å². The molecule has 0 bridgehead atoms. The highest BCUT2D eigenvalue weighted by atomic mass is 79.9. The number of nitrogens with one attached hydrogen (secondary N) is 7. The van der Waals surface area contributed by atoms with Crippen molar-refractivity contribution in [1.29, 1.82) is 0 Å². The van der Waals surface area contributed by atoms with Gasteiger partial charge < -0.3 is 62.0 Å². The van der Waals surface area contributed by atoms with Crippen LogP contribution in [-0.2, 0) is 13.2 Å². The number of aryl methyl sites for hydroxylation is 2. The number of ether oxygens (including phenoxy) is 2. The first-order valence-corrected chi connectivity index (χ1v) is 46.4. The Morgan fingerprint density at radius 2 is 0.593 bits per heavy atom. The Hall–Kier alpha value is -20.0. The molecule has 10 N–H and O–H groups in total. The summed E-state index contributed by atoms with van der Waals surface area (Å²) >= 11 is 6.94. The number of rotatable bonds is 21. The Morgan fingerprint density at radius 3 is 0.893 bits per heavy atom. The number of aromatic nitrogens is 21. The van der Waals surface area contributed by atoms with Gasteiger partial charge in [-0.1, -0.05) is 80.2 Å². The van der Waals surface area contributed by atoms with E-state index in [1.807, 2.05) is 91.9 Å². The fourth-order valence-corrected chi connectivity index (χ4v) is 14.9. The number of alkyl halides is 1. The molecule has 0 saturated heterocycles. The third-order valence-corrected chi connectivity index (χ3v) is 22.2. The number of nitrogens with zero attached hydrogens (tertiary/aromatic N) is 21. The molecule has 0 aliphatic heterocycles. The number of benzene rings is 7. The zero-order valence-corrected chi connectivity index (χ0v) is 82.0. The fourth-order valence-electron chi connectivity index (χ4n) is 14.0. The van der Waals surface area contributed by atoms with Crippen molar-refractivity contribution in [3.8, 4) is 29.6 Å². The van der Waals surface area contributed by atoms with E-state index < -0.39 is 18.5 Å². The Bertz CT molecular complexity index is 8470. The number of halogens is 3. The highest BCUT2D eigenvalue weighted by molar-refractivity contribution is 9.11. The van der Waals surface area contributed by atoms with E-state index in [9.17, 15) is 53.3 Å². The van der Waals surface area contributed by atoms with E-state index in [4.69, 9.17) is 15.9 Å². The molecule has 14 aromatic heterocycles. The Balaban J connectivity index is 0.000000131. The number of carbonyl (C=O) groups excluding carboxylic acids is 7. The molecule has 150 heavy (non-hydrogen) atoms. The summed E-state index contributed by atoms with van der Waals surface area (Å²) in [5, 5.41) is 53.6. The highest BCUT2D eigenvalue weighted by Crippen LogP contribution is 2.35. The number of carbonyl (C=O) groups is 7. The summed E-state index contributed by atoms with van der Waals surface area (Å²) in [6.07, 6.45) is 44.5. The number of aromatic hydroxyl groups is 1. The molecule has 742 valence electrons. The number of amides is 7. The normalized spacial score (nSPS) is 10.4. The number of anilines is 7.